The van der Waals surface area contributed by atoms with E-state index in [1.54, 1.807) is 12.1 Å². The van der Waals surface area contributed by atoms with Crippen molar-refractivity contribution in [1.29, 1.82) is 0 Å². The summed E-state index contributed by atoms with van der Waals surface area (Å²) in [4.78, 5) is 40.7. The van der Waals surface area contributed by atoms with Crippen LogP contribution >= 0.6 is 0 Å². The Morgan fingerprint density at radius 2 is 2.00 bits per heavy atom. The van der Waals surface area contributed by atoms with Crippen LogP contribution in [-0.2, 0) is 16.0 Å². The monoisotopic (exact) mass is 470 g/mol. The van der Waals surface area contributed by atoms with Gasteiger partial charge in [0.15, 0.2) is 5.78 Å². The van der Waals surface area contributed by atoms with Crippen molar-refractivity contribution >= 4 is 28.3 Å². The van der Waals surface area contributed by atoms with E-state index in [0.717, 1.165) is 28.6 Å². The molecule has 2 heterocycles. The van der Waals surface area contributed by atoms with E-state index in [1.165, 1.54) is 12.1 Å². The first-order valence-electron chi connectivity index (χ1n) is 11.8. The number of non-ortho nitro benzene ring substituents is 1. The molecule has 1 aliphatic heterocycles. The summed E-state index contributed by atoms with van der Waals surface area (Å²) in [6.45, 7) is 2.24. The molecule has 1 aliphatic carbocycles. The molecular formula is C27H26N4O4. The third-order valence-electron chi connectivity index (χ3n) is 6.79. The predicted octanol–water partition coefficient (Wildman–Crippen LogP) is 4.40. The van der Waals surface area contributed by atoms with Crippen LogP contribution in [0.1, 0.15) is 43.2 Å². The minimum atomic E-state index is -0.646. The SMILES string of the molecule is CC1=C(C(=O)NCCc2c[nH]c3ccccc23)C(c2cccc([N+](=O)[O-])c2)C2=C(CCCC2=O)N1. The number of hydrogen-bond donors (Lipinski definition) is 3. The summed E-state index contributed by atoms with van der Waals surface area (Å²) in [5.41, 5.74) is 5.11. The lowest BCUT2D eigenvalue weighted by Gasteiger charge is -2.34. The molecule has 2 aliphatic rings. The van der Waals surface area contributed by atoms with Gasteiger partial charge in [-0.1, -0.05) is 30.3 Å². The average molecular weight is 471 g/mol. The first kappa shape index (κ1) is 22.6. The number of fused-ring (bicyclic) bond motifs is 1. The van der Waals surface area contributed by atoms with Crippen LogP contribution in [0, 0.1) is 10.1 Å². The molecule has 3 aromatic rings. The van der Waals surface area contributed by atoms with Crippen molar-refractivity contribution in [2.75, 3.05) is 6.54 Å². The van der Waals surface area contributed by atoms with Gasteiger partial charge in [0.05, 0.1) is 4.92 Å². The number of dihydropyridines is 1. The molecule has 2 aromatic carbocycles. The average Bonchev–Trinajstić information content (AvgIpc) is 3.26. The van der Waals surface area contributed by atoms with E-state index >= 15 is 0 Å². The van der Waals surface area contributed by atoms with Crippen LogP contribution in [-0.4, -0.2) is 28.1 Å². The molecule has 1 aromatic heterocycles. The van der Waals surface area contributed by atoms with Gasteiger partial charge < -0.3 is 15.6 Å². The lowest BCUT2D eigenvalue weighted by molar-refractivity contribution is -0.384. The van der Waals surface area contributed by atoms with Crippen molar-refractivity contribution in [2.45, 2.75) is 38.5 Å². The highest BCUT2D eigenvalue weighted by atomic mass is 16.6. The van der Waals surface area contributed by atoms with Gasteiger partial charge in [0.25, 0.3) is 5.69 Å². The van der Waals surface area contributed by atoms with Gasteiger partial charge in [0, 0.05) is 70.7 Å². The molecule has 5 rings (SSSR count). The number of carbonyl (C=O) groups is 2. The highest BCUT2D eigenvalue weighted by Gasteiger charge is 2.38. The zero-order valence-electron chi connectivity index (χ0n) is 19.4. The fourth-order valence-electron chi connectivity index (χ4n) is 5.18. The number of para-hydroxylation sites is 1. The van der Waals surface area contributed by atoms with Crippen molar-refractivity contribution in [3.8, 4) is 0 Å². The largest absolute Gasteiger partial charge is 0.362 e. The molecule has 0 radical (unpaired) electrons. The van der Waals surface area contributed by atoms with Gasteiger partial charge in [-0.15, -0.1) is 0 Å². The Balaban J connectivity index is 1.44. The summed E-state index contributed by atoms with van der Waals surface area (Å²) in [5.74, 6) is -0.949. The normalized spacial score (nSPS) is 17.9. The van der Waals surface area contributed by atoms with Crippen LogP contribution in [0.5, 0.6) is 0 Å². The van der Waals surface area contributed by atoms with Crippen molar-refractivity contribution in [3.05, 3.63) is 98.5 Å². The van der Waals surface area contributed by atoms with Gasteiger partial charge in [-0.05, 0) is 43.4 Å². The van der Waals surface area contributed by atoms with Crippen molar-refractivity contribution in [1.82, 2.24) is 15.6 Å². The zero-order valence-corrected chi connectivity index (χ0v) is 19.4. The molecule has 35 heavy (non-hydrogen) atoms. The lowest BCUT2D eigenvalue weighted by Crippen LogP contribution is -2.38. The summed E-state index contributed by atoms with van der Waals surface area (Å²) in [5, 5.41) is 18.8. The summed E-state index contributed by atoms with van der Waals surface area (Å²) in [6, 6.07) is 14.2. The predicted molar refractivity (Wildman–Crippen MR) is 133 cm³/mol. The Morgan fingerprint density at radius 3 is 2.83 bits per heavy atom. The number of benzene rings is 2. The minimum absolute atomic E-state index is 0.0214. The van der Waals surface area contributed by atoms with Gasteiger partial charge in [0.1, 0.15) is 0 Å². The second kappa shape index (κ2) is 9.21. The fourth-order valence-corrected chi connectivity index (χ4v) is 5.18. The lowest BCUT2D eigenvalue weighted by atomic mass is 9.75. The van der Waals surface area contributed by atoms with Crippen LogP contribution in [0.4, 0.5) is 5.69 Å². The Morgan fingerprint density at radius 1 is 1.17 bits per heavy atom. The molecule has 0 fully saturated rings. The van der Waals surface area contributed by atoms with Crippen LogP contribution in [0.15, 0.2) is 77.3 Å². The quantitative estimate of drug-likeness (QED) is 0.365. The highest BCUT2D eigenvalue weighted by molar-refractivity contribution is 6.05. The highest BCUT2D eigenvalue weighted by Crippen LogP contribution is 2.42. The molecular weight excluding hydrogens is 444 g/mol. The first-order valence-corrected chi connectivity index (χ1v) is 11.8. The number of Topliss-reactive ketones (excluding diaryl/α,β-unsaturated/α-hetero) is 1. The third-order valence-corrected chi connectivity index (χ3v) is 6.79. The molecule has 0 saturated heterocycles. The summed E-state index contributed by atoms with van der Waals surface area (Å²) < 4.78 is 0. The van der Waals surface area contributed by atoms with Gasteiger partial charge in [-0.2, -0.15) is 0 Å². The number of carbonyl (C=O) groups excluding carboxylic acids is 2. The van der Waals surface area contributed by atoms with Gasteiger partial charge in [0.2, 0.25) is 5.91 Å². The molecule has 178 valence electrons. The molecule has 3 N–H and O–H groups in total. The number of aromatic amines is 1. The van der Waals surface area contributed by atoms with E-state index in [-0.39, 0.29) is 17.4 Å². The standard InChI is InChI=1S/C27H26N4O4/c1-16-24(27(33)28-13-12-18-15-29-21-9-3-2-8-20(18)21)25(17-6-4-7-19(14-17)31(34)35)26-22(30-16)10-5-11-23(26)32/h2-4,6-9,14-15,25,29-30H,5,10-13H2,1H3,(H,28,33). The number of amides is 1. The molecule has 0 saturated carbocycles. The van der Waals surface area contributed by atoms with Crippen molar-refractivity contribution in [2.24, 2.45) is 0 Å². The molecule has 8 nitrogen and oxygen atoms in total. The number of ketones is 1. The summed E-state index contributed by atoms with van der Waals surface area (Å²) in [6.07, 6.45) is 4.45. The molecule has 1 atom stereocenters. The third kappa shape index (κ3) is 4.23. The zero-order chi connectivity index (χ0) is 24.5. The summed E-state index contributed by atoms with van der Waals surface area (Å²) in [7, 11) is 0. The number of hydrogen-bond acceptors (Lipinski definition) is 5. The second-order valence-corrected chi connectivity index (χ2v) is 8.98. The maximum atomic E-state index is 13.5. The molecule has 0 spiro atoms. The Hall–Kier alpha value is -4.20. The first-order chi connectivity index (χ1) is 16.9. The maximum absolute atomic E-state index is 13.5. The van der Waals surface area contributed by atoms with Gasteiger partial charge >= 0.3 is 0 Å². The van der Waals surface area contributed by atoms with Crippen LogP contribution in [0.25, 0.3) is 10.9 Å². The van der Waals surface area contributed by atoms with Crippen molar-refractivity contribution in [3.63, 3.8) is 0 Å². The molecule has 8 heteroatoms. The van der Waals surface area contributed by atoms with E-state index in [9.17, 15) is 19.7 Å². The van der Waals surface area contributed by atoms with Crippen molar-refractivity contribution < 1.29 is 14.5 Å². The number of H-pyrrole nitrogens is 1. The minimum Gasteiger partial charge on any atom is -0.362 e. The Bertz CT molecular complexity index is 1420. The van der Waals surface area contributed by atoms with Gasteiger partial charge in [-0.3, -0.25) is 19.7 Å². The van der Waals surface area contributed by atoms with Crippen LogP contribution in [0.2, 0.25) is 0 Å². The van der Waals surface area contributed by atoms with E-state index < -0.39 is 10.8 Å². The number of nitro groups is 1. The number of nitrogens with zero attached hydrogens (tertiary/aromatic N) is 1. The second-order valence-electron chi connectivity index (χ2n) is 8.98. The van der Waals surface area contributed by atoms with E-state index in [1.807, 2.05) is 37.4 Å². The maximum Gasteiger partial charge on any atom is 0.269 e. The molecule has 0 bridgehead atoms. The number of nitrogens with one attached hydrogen (secondary N) is 3. The Labute approximate surface area is 202 Å². The number of nitro benzene ring substituents is 1. The van der Waals surface area contributed by atoms with E-state index in [0.29, 0.717) is 48.2 Å². The summed E-state index contributed by atoms with van der Waals surface area (Å²) >= 11 is 0. The van der Waals surface area contributed by atoms with Crippen LogP contribution < -0.4 is 10.6 Å². The number of rotatable bonds is 6. The van der Waals surface area contributed by atoms with Gasteiger partial charge in [-0.25, -0.2) is 0 Å². The number of allylic oxidation sites excluding steroid dienone is 3. The topological polar surface area (TPSA) is 117 Å². The molecule has 1 unspecified atom stereocenters. The van der Waals surface area contributed by atoms with E-state index in [4.69, 9.17) is 0 Å². The Kier molecular flexibility index (Phi) is 5.94. The molecule has 1 amide bonds. The number of aromatic nitrogens is 1. The van der Waals surface area contributed by atoms with E-state index in [2.05, 4.69) is 15.6 Å². The smallest absolute Gasteiger partial charge is 0.269 e. The fraction of sp³-hybridized carbons (Fsp3) is 0.259. The van der Waals surface area contributed by atoms with Crippen LogP contribution in [0.3, 0.4) is 0 Å².